The molecular formula is C16H18N2O3S. The van der Waals surface area contributed by atoms with Crippen LogP contribution >= 0.6 is 11.8 Å². The number of benzene rings is 1. The molecule has 2 amide bonds. The predicted octanol–water partition coefficient (Wildman–Crippen LogP) is 2.23. The molecule has 116 valence electrons. The molecule has 0 saturated heterocycles. The summed E-state index contributed by atoms with van der Waals surface area (Å²) < 4.78 is 4.97. The van der Waals surface area contributed by atoms with Crippen LogP contribution < -0.4 is 10.6 Å². The van der Waals surface area contributed by atoms with Gasteiger partial charge in [-0.05, 0) is 31.2 Å². The van der Waals surface area contributed by atoms with Crippen LogP contribution in [0.1, 0.15) is 16.1 Å². The average molecular weight is 318 g/mol. The smallest absolute Gasteiger partial charge is 0.287 e. The lowest BCUT2D eigenvalue weighted by Gasteiger charge is -2.06. The maximum absolute atomic E-state index is 11.7. The van der Waals surface area contributed by atoms with Gasteiger partial charge in [0.2, 0.25) is 5.91 Å². The van der Waals surface area contributed by atoms with E-state index in [1.165, 1.54) is 23.6 Å². The van der Waals surface area contributed by atoms with Gasteiger partial charge in [-0.15, -0.1) is 11.8 Å². The van der Waals surface area contributed by atoms with Crippen LogP contribution in [-0.2, 0) is 4.79 Å². The first-order valence-electron chi connectivity index (χ1n) is 6.93. The predicted molar refractivity (Wildman–Crippen MR) is 86.0 cm³/mol. The molecule has 0 spiro atoms. The zero-order chi connectivity index (χ0) is 15.8. The molecule has 0 bridgehead atoms. The second-order valence-electron chi connectivity index (χ2n) is 4.68. The summed E-state index contributed by atoms with van der Waals surface area (Å²) in [7, 11) is 0. The van der Waals surface area contributed by atoms with Crippen molar-refractivity contribution in [1.82, 2.24) is 10.6 Å². The molecule has 0 radical (unpaired) electrons. The lowest BCUT2D eigenvalue weighted by Crippen LogP contribution is -2.35. The van der Waals surface area contributed by atoms with Gasteiger partial charge in [-0.3, -0.25) is 9.59 Å². The van der Waals surface area contributed by atoms with E-state index in [-0.39, 0.29) is 17.6 Å². The van der Waals surface area contributed by atoms with E-state index >= 15 is 0 Å². The van der Waals surface area contributed by atoms with Crippen molar-refractivity contribution in [2.75, 3.05) is 18.8 Å². The minimum absolute atomic E-state index is 0.0576. The fourth-order valence-corrected chi connectivity index (χ4v) is 2.44. The fourth-order valence-electron chi connectivity index (χ4n) is 1.71. The maximum atomic E-state index is 11.7. The van der Waals surface area contributed by atoms with Crippen molar-refractivity contribution in [2.24, 2.45) is 0 Å². The van der Waals surface area contributed by atoms with Gasteiger partial charge in [-0.2, -0.15) is 0 Å². The molecule has 0 aliphatic heterocycles. The van der Waals surface area contributed by atoms with Crippen LogP contribution in [-0.4, -0.2) is 30.7 Å². The topological polar surface area (TPSA) is 71.3 Å². The number of aryl methyl sites for hydroxylation is 1. The SMILES string of the molecule is Cc1ccc(SCC(=O)NCCNC(=O)c2ccco2)cc1. The Labute approximate surface area is 133 Å². The molecule has 2 N–H and O–H groups in total. The number of hydrogen-bond donors (Lipinski definition) is 2. The zero-order valence-electron chi connectivity index (χ0n) is 12.3. The Bertz CT molecular complexity index is 609. The summed E-state index contributed by atoms with van der Waals surface area (Å²) in [6.07, 6.45) is 1.44. The third kappa shape index (κ3) is 5.29. The monoisotopic (exact) mass is 318 g/mol. The Morgan fingerprint density at radius 2 is 1.82 bits per heavy atom. The van der Waals surface area contributed by atoms with Crippen LogP contribution in [0.15, 0.2) is 52.0 Å². The third-order valence-electron chi connectivity index (χ3n) is 2.87. The second kappa shape index (κ2) is 8.29. The average Bonchev–Trinajstić information content (AvgIpc) is 3.05. The van der Waals surface area contributed by atoms with E-state index in [2.05, 4.69) is 10.6 Å². The highest BCUT2D eigenvalue weighted by Crippen LogP contribution is 2.17. The highest BCUT2D eigenvalue weighted by molar-refractivity contribution is 8.00. The van der Waals surface area contributed by atoms with E-state index in [0.717, 1.165) is 4.90 Å². The van der Waals surface area contributed by atoms with Gasteiger partial charge in [-0.1, -0.05) is 17.7 Å². The molecule has 0 atom stereocenters. The molecule has 22 heavy (non-hydrogen) atoms. The molecular weight excluding hydrogens is 300 g/mol. The van der Waals surface area contributed by atoms with Crippen molar-refractivity contribution >= 4 is 23.6 Å². The van der Waals surface area contributed by atoms with Crippen molar-refractivity contribution in [3.8, 4) is 0 Å². The third-order valence-corrected chi connectivity index (χ3v) is 3.88. The lowest BCUT2D eigenvalue weighted by molar-refractivity contribution is -0.118. The van der Waals surface area contributed by atoms with Crippen LogP contribution in [0.4, 0.5) is 0 Å². The molecule has 0 saturated carbocycles. The van der Waals surface area contributed by atoms with E-state index in [0.29, 0.717) is 18.8 Å². The summed E-state index contributed by atoms with van der Waals surface area (Å²) in [6, 6.07) is 11.3. The number of hydrogen-bond acceptors (Lipinski definition) is 4. The Morgan fingerprint density at radius 3 is 2.50 bits per heavy atom. The molecule has 5 nitrogen and oxygen atoms in total. The molecule has 0 aliphatic carbocycles. The summed E-state index contributed by atoms with van der Waals surface area (Å²) >= 11 is 1.49. The Kier molecular flexibility index (Phi) is 6.09. The number of carbonyl (C=O) groups is 2. The van der Waals surface area contributed by atoms with E-state index in [1.54, 1.807) is 12.1 Å². The summed E-state index contributed by atoms with van der Waals surface area (Å²) in [5.74, 6) is 0.280. The van der Waals surface area contributed by atoms with Gasteiger partial charge in [0, 0.05) is 18.0 Å². The highest BCUT2D eigenvalue weighted by Gasteiger charge is 2.07. The molecule has 0 unspecified atom stereocenters. The maximum Gasteiger partial charge on any atom is 0.287 e. The first-order valence-corrected chi connectivity index (χ1v) is 7.91. The Balaban J connectivity index is 1.59. The van der Waals surface area contributed by atoms with Gasteiger partial charge >= 0.3 is 0 Å². The van der Waals surface area contributed by atoms with E-state index in [1.807, 2.05) is 31.2 Å². The number of thioether (sulfide) groups is 1. The molecule has 0 fully saturated rings. The summed E-state index contributed by atoms with van der Waals surface area (Å²) in [4.78, 5) is 24.3. The molecule has 1 aromatic carbocycles. The van der Waals surface area contributed by atoms with Gasteiger partial charge in [0.1, 0.15) is 0 Å². The van der Waals surface area contributed by atoms with Crippen molar-refractivity contribution in [1.29, 1.82) is 0 Å². The minimum Gasteiger partial charge on any atom is -0.459 e. The Morgan fingerprint density at radius 1 is 1.09 bits per heavy atom. The quantitative estimate of drug-likeness (QED) is 0.606. The van der Waals surface area contributed by atoms with Crippen LogP contribution in [0.5, 0.6) is 0 Å². The van der Waals surface area contributed by atoms with Gasteiger partial charge in [-0.25, -0.2) is 0 Å². The first-order chi connectivity index (χ1) is 10.6. The second-order valence-corrected chi connectivity index (χ2v) is 5.73. The molecule has 2 rings (SSSR count). The van der Waals surface area contributed by atoms with Crippen molar-refractivity contribution < 1.29 is 14.0 Å². The molecule has 6 heteroatoms. The number of nitrogens with one attached hydrogen (secondary N) is 2. The minimum atomic E-state index is -0.284. The number of amides is 2. The standard InChI is InChI=1S/C16H18N2O3S/c1-12-4-6-13(7-5-12)22-11-15(19)17-8-9-18-16(20)14-3-2-10-21-14/h2-7,10H,8-9,11H2,1H3,(H,17,19)(H,18,20). The summed E-state index contributed by atoms with van der Waals surface area (Å²) in [6.45, 7) is 2.78. The molecule has 1 aromatic heterocycles. The van der Waals surface area contributed by atoms with E-state index in [4.69, 9.17) is 4.42 Å². The molecule has 1 heterocycles. The zero-order valence-corrected chi connectivity index (χ0v) is 13.1. The van der Waals surface area contributed by atoms with Gasteiger partial charge in [0.05, 0.1) is 12.0 Å². The van der Waals surface area contributed by atoms with E-state index in [9.17, 15) is 9.59 Å². The lowest BCUT2D eigenvalue weighted by atomic mass is 10.2. The van der Waals surface area contributed by atoms with Crippen molar-refractivity contribution in [3.63, 3.8) is 0 Å². The van der Waals surface area contributed by atoms with Crippen molar-refractivity contribution in [2.45, 2.75) is 11.8 Å². The van der Waals surface area contributed by atoms with Crippen LogP contribution in [0.2, 0.25) is 0 Å². The van der Waals surface area contributed by atoms with Crippen LogP contribution in [0, 0.1) is 6.92 Å². The van der Waals surface area contributed by atoms with Gasteiger partial charge in [0.15, 0.2) is 5.76 Å². The van der Waals surface area contributed by atoms with Crippen LogP contribution in [0.25, 0.3) is 0 Å². The number of rotatable bonds is 7. The number of carbonyl (C=O) groups excluding carboxylic acids is 2. The normalized spacial score (nSPS) is 10.2. The highest BCUT2D eigenvalue weighted by atomic mass is 32.2. The van der Waals surface area contributed by atoms with Gasteiger partial charge < -0.3 is 15.1 Å². The van der Waals surface area contributed by atoms with E-state index < -0.39 is 0 Å². The van der Waals surface area contributed by atoms with Crippen LogP contribution in [0.3, 0.4) is 0 Å². The first kappa shape index (κ1) is 16.2. The van der Waals surface area contributed by atoms with Gasteiger partial charge in [0.25, 0.3) is 5.91 Å². The largest absolute Gasteiger partial charge is 0.459 e. The summed E-state index contributed by atoms with van der Waals surface area (Å²) in [5.41, 5.74) is 1.20. The molecule has 0 aliphatic rings. The molecule has 2 aromatic rings. The summed E-state index contributed by atoms with van der Waals surface area (Å²) in [5, 5.41) is 5.43. The fraction of sp³-hybridized carbons (Fsp3) is 0.250. The number of furan rings is 1. The Hall–Kier alpha value is -2.21. The van der Waals surface area contributed by atoms with Crippen molar-refractivity contribution in [3.05, 3.63) is 54.0 Å².